The molecular formula is C16H20N2OS2. The minimum atomic E-state index is -0.0273. The van der Waals surface area contributed by atoms with Crippen LogP contribution in [0.3, 0.4) is 0 Å². The monoisotopic (exact) mass is 320 g/mol. The smallest absolute Gasteiger partial charge is 0.317 e. The van der Waals surface area contributed by atoms with E-state index in [4.69, 9.17) is 0 Å². The Labute approximate surface area is 134 Å². The zero-order chi connectivity index (χ0) is 15.1. The number of rotatable bonds is 6. The molecule has 0 aliphatic heterocycles. The Morgan fingerprint density at radius 2 is 2.05 bits per heavy atom. The Bertz CT molecular complexity index is 552. The molecule has 1 aromatic heterocycles. The standard InChI is InChI=1S/C16H20N2OS2/c1-18(12-13-5-7-14(20-2)8-6-13)16(19)17-10-9-15-4-3-11-21-15/h3-8,11H,9-10,12H2,1-2H3,(H,17,19). The van der Waals surface area contributed by atoms with Crippen molar-refractivity contribution in [1.82, 2.24) is 10.2 Å². The Morgan fingerprint density at radius 1 is 1.29 bits per heavy atom. The molecule has 0 atom stereocenters. The first-order chi connectivity index (χ1) is 10.2. The predicted octanol–water partition coefficient (Wildman–Crippen LogP) is 3.85. The summed E-state index contributed by atoms with van der Waals surface area (Å²) in [6, 6.07) is 12.4. The summed E-state index contributed by atoms with van der Waals surface area (Å²) in [4.78, 5) is 16.3. The third-order valence-corrected chi connectivity index (χ3v) is 4.83. The van der Waals surface area contributed by atoms with Gasteiger partial charge in [0.05, 0.1) is 0 Å². The molecule has 5 heteroatoms. The highest BCUT2D eigenvalue weighted by Gasteiger charge is 2.08. The van der Waals surface area contributed by atoms with E-state index < -0.39 is 0 Å². The summed E-state index contributed by atoms with van der Waals surface area (Å²) >= 11 is 3.44. The van der Waals surface area contributed by atoms with Crippen LogP contribution in [-0.2, 0) is 13.0 Å². The summed E-state index contributed by atoms with van der Waals surface area (Å²) in [5, 5.41) is 5.01. The third kappa shape index (κ3) is 5.10. The molecule has 0 unspecified atom stereocenters. The lowest BCUT2D eigenvalue weighted by molar-refractivity contribution is 0.207. The first-order valence-electron chi connectivity index (χ1n) is 6.83. The zero-order valence-electron chi connectivity index (χ0n) is 12.3. The SMILES string of the molecule is CSc1ccc(CN(C)C(=O)NCCc2cccs2)cc1. The molecule has 2 aromatic rings. The summed E-state index contributed by atoms with van der Waals surface area (Å²) in [7, 11) is 1.82. The zero-order valence-corrected chi connectivity index (χ0v) is 14.0. The molecule has 0 saturated carbocycles. The number of hydrogen-bond donors (Lipinski definition) is 1. The van der Waals surface area contributed by atoms with Crippen molar-refractivity contribution in [2.45, 2.75) is 17.9 Å². The van der Waals surface area contributed by atoms with E-state index in [1.807, 2.05) is 13.1 Å². The highest BCUT2D eigenvalue weighted by atomic mass is 32.2. The van der Waals surface area contributed by atoms with Crippen molar-refractivity contribution in [2.24, 2.45) is 0 Å². The molecule has 2 amide bonds. The lowest BCUT2D eigenvalue weighted by atomic mass is 10.2. The normalized spacial score (nSPS) is 10.4. The summed E-state index contributed by atoms with van der Waals surface area (Å²) in [6.07, 6.45) is 2.95. The minimum absolute atomic E-state index is 0.0273. The van der Waals surface area contributed by atoms with Crippen molar-refractivity contribution in [1.29, 1.82) is 0 Å². The second-order valence-electron chi connectivity index (χ2n) is 4.77. The summed E-state index contributed by atoms with van der Waals surface area (Å²) < 4.78 is 0. The molecule has 112 valence electrons. The van der Waals surface area contributed by atoms with Gasteiger partial charge in [0.15, 0.2) is 0 Å². The van der Waals surface area contributed by atoms with Gasteiger partial charge in [-0.1, -0.05) is 18.2 Å². The fraction of sp³-hybridized carbons (Fsp3) is 0.312. The van der Waals surface area contributed by atoms with Crippen molar-refractivity contribution < 1.29 is 4.79 Å². The number of hydrogen-bond acceptors (Lipinski definition) is 3. The molecule has 0 spiro atoms. The van der Waals surface area contributed by atoms with Gasteiger partial charge in [0.1, 0.15) is 0 Å². The van der Waals surface area contributed by atoms with Crippen molar-refractivity contribution >= 4 is 29.1 Å². The Morgan fingerprint density at radius 3 is 2.67 bits per heavy atom. The molecule has 0 aliphatic carbocycles. The molecule has 0 bridgehead atoms. The largest absolute Gasteiger partial charge is 0.338 e. The van der Waals surface area contributed by atoms with Crippen molar-refractivity contribution in [3.63, 3.8) is 0 Å². The molecule has 1 heterocycles. The van der Waals surface area contributed by atoms with Crippen LogP contribution in [-0.4, -0.2) is 30.8 Å². The minimum Gasteiger partial charge on any atom is -0.338 e. The molecule has 1 N–H and O–H groups in total. The number of amides is 2. The number of thioether (sulfide) groups is 1. The Kier molecular flexibility index (Phi) is 6.14. The van der Waals surface area contributed by atoms with E-state index in [-0.39, 0.29) is 6.03 Å². The maximum atomic E-state index is 12.0. The highest BCUT2D eigenvalue weighted by molar-refractivity contribution is 7.98. The maximum Gasteiger partial charge on any atom is 0.317 e. The van der Waals surface area contributed by atoms with Crippen LogP contribution in [0, 0.1) is 0 Å². The Hall–Kier alpha value is -1.46. The van der Waals surface area contributed by atoms with E-state index in [2.05, 4.69) is 47.3 Å². The molecule has 0 fully saturated rings. The molecule has 0 aliphatic rings. The number of thiophene rings is 1. The summed E-state index contributed by atoms with van der Waals surface area (Å²) in [6.45, 7) is 1.30. The average Bonchev–Trinajstić information content (AvgIpc) is 3.01. The van der Waals surface area contributed by atoms with Gasteiger partial charge < -0.3 is 10.2 Å². The van der Waals surface area contributed by atoms with Gasteiger partial charge >= 0.3 is 6.03 Å². The number of nitrogens with one attached hydrogen (secondary N) is 1. The van der Waals surface area contributed by atoms with E-state index in [1.165, 1.54) is 9.77 Å². The molecule has 0 saturated heterocycles. The van der Waals surface area contributed by atoms with Crippen LogP contribution in [0.25, 0.3) is 0 Å². The first-order valence-corrected chi connectivity index (χ1v) is 8.94. The molecule has 1 aromatic carbocycles. The van der Waals surface area contributed by atoms with Gasteiger partial charge in [0, 0.05) is 29.9 Å². The summed E-state index contributed by atoms with van der Waals surface area (Å²) in [5.74, 6) is 0. The second kappa shape index (κ2) is 8.10. The lowest BCUT2D eigenvalue weighted by Gasteiger charge is -2.18. The quantitative estimate of drug-likeness (QED) is 0.820. The van der Waals surface area contributed by atoms with Crippen molar-refractivity contribution in [2.75, 3.05) is 19.8 Å². The van der Waals surface area contributed by atoms with E-state index >= 15 is 0 Å². The van der Waals surface area contributed by atoms with Gasteiger partial charge in [-0.25, -0.2) is 4.79 Å². The van der Waals surface area contributed by atoms with Crippen LogP contribution in [0.1, 0.15) is 10.4 Å². The van der Waals surface area contributed by atoms with Crippen LogP contribution in [0.2, 0.25) is 0 Å². The van der Waals surface area contributed by atoms with E-state index in [0.29, 0.717) is 13.1 Å². The third-order valence-electron chi connectivity index (χ3n) is 3.15. The molecule has 2 rings (SSSR count). The highest BCUT2D eigenvalue weighted by Crippen LogP contribution is 2.15. The van der Waals surface area contributed by atoms with Crippen LogP contribution in [0.5, 0.6) is 0 Å². The van der Waals surface area contributed by atoms with Crippen LogP contribution in [0.15, 0.2) is 46.7 Å². The fourth-order valence-electron chi connectivity index (χ4n) is 1.96. The molecular weight excluding hydrogens is 300 g/mol. The Balaban J connectivity index is 1.76. The van der Waals surface area contributed by atoms with E-state index in [1.54, 1.807) is 28.0 Å². The van der Waals surface area contributed by atoms with Gasteiger partial charge in [-0.15, -0.1) is 23.1 Å². The number of urea groups is 1. The molecule has 0 radical (unpaired) electrons. The fourth-order valence-corrected chi connectivity index (χ4v) is 3.08. The van der Waals surface area contributed by atoms with Gasteiger partial charge in [-0.05, 0) is 41.8 Å². The van der Waals surface area contributed by atoms with Crippen LogP contribution < -0.4 is 5.32 Å². The number of carbonyl (C=O) groups is 1. The number of nitrogens with zero attached hydrogens (tertiary/aromatic N) is 1. The van der Waals surface area contributed by atoms with Gasteiger partial charge in [0.2, 0.25) is 0 Å². The predicted molar refractivity (Wildman–Crippen MR) is 91.1 cm³/mol. The number of benzene rings is 1. The summed E-state index contributed by atoms with van der Waals surface area (Å²) in [5.41, 5.74) is 1.14. The molecule has 21 heavy (non-hydrogen) atoms. The first kappa shape index (κ1) is 15.9. The van der Waals surface area contributed by atoms with Gasteiger partial charge in [-0.2, -0.15) is 0 Å². The van der Waals surface area contributed by atoms with Crippen molar-refractivity contribution in [3.8, 4) is 0 Å². The van der Waals surface area contributed by atoms with Gasteiger partial charge in [-0.3, -0.25) is 0 Å². The molecule has 3 nitrogen and oxygen atoms in total. The van der Waals surface area contributed by atoms with E-state index in [9.17, 15) is 4.79 Å². The average molecular weight is 320 g/mol. The van der Waals surface area contributed by atoms with Crippen LogP contribution in [0.4, 0.5) is 4.79 Å². The maximum absolute atomic E-state index is 12.0. The number of carbonyl (C=O) groups excluding carboxylic acids is 1. The van der Waals surface area contributed by atoms with Crippen LogP contribution >= 0.6 is 23.1 Å². The second-order valence-corrected chi connectivity index (χ2v) is 6.68. The van der Waals surface area contributed by atoms with Gasteiger partial charge in [0.25, 0.3) is 0 Å². The van der Waals surface area contributed by atoms with E-state index in [0.717, 1.165) is 12.0 Å². The van der Waals surface area contributed by atoms with Crippen molar-refractivity contribution in [3.05, 3.63) is 52.2 Å². The topological polar surface area (TPSA) is 32.3 Å². The lowest BCUT2D eigenvalue weighted by Crippen LogP contribution is -2.37.